The molecule has 0 saturated heterocycles. The van der Waals surface area contributed by atoms with Crippen molar-refractivity contribution < 1.29 is 27.8 Å². The van der Waals surface area contributed by atoms with Crippen molar-refractivity contribution in [3.05, 3.63) is 58.9 Å². The lowest BCUT2D eigenvalue weighted by Crippen LogP contribution is -2.15. The number of hydrogen-bond acceptors (Lipinski definition) is 4. The summed E-state index contributed by atoms with van der Waals surface area (Å²) in [6.45, 7) is -2.67. The van der Waals surface area contributed by atoms with E-state index in [4.69, 9.17) is 9.84 Å². The van der Waals surface area contributed by atoms with Gasteiger partial charge in [-0.25, -0.2) is 4.39 Å². The molecule has 2 aromatic rings. The second-order valence-electron chi connectivity index (χ2n) is 5.04. The highest BCUT2D eigenvalue weighted by atomic mass is 19.3. The molecule has 2 rings (SSSR count). The van der Waals surface area contributed by atoms with E-state index in [1.54, 1.807) is 18.2 Å². The SMILES string of the molecule is COc1ccc(OC(F)F)c(CNCc2ccc(F)c(CO)c2)c1. The maximum absolute atomic E-state index is 13.3. The van der Waals surface area contributed by atoms with E-state index in [2.05, 4.69) is 10.1 Å². The van der Waals surface area contributed by atoms with Crippen molar-refractivity contribution in [3.63, 3.8) is 0 Å². The van der Waals surface area contributed by atoms with Crippen molar-refractivity contribution in [2.75, 3.05) is 7.11 Å². The van der Waals surface area contributed by atoms with E-state index in [0.29, 0.717) is 17.9 Å². The second kappa shape index (κ2) is 8.56. The number of benzene rings is 2. The molecule has 0 saturated carbocycles. The van der Waals surface area contributed by atoms with Crippen molar-refractivity contribution in [1.82, 2.24) is 5.32 Å². The van der Waals surface area contributed by atoms with Crippen LogP contribution in [0, 0.1) is 5.82 Å². The molecular weight excluding hydrogens is 323 g/mol. The van der Waals surface area contributed by atoms with Gasteiger partial charge in [0.2, 0.25) is 0 Å². The highest BCUT2D eigenvalue weighted by Gasteiger charge is 2.11. The first-order chi connectivity index (χ1) is 11.5. The third-order valence-corrected chi connectivity index (χ3v) is 3.41. The first kappa shape index (κ1) is 18.1. The molecule has 0 atom stereocenters. The van der Waals surface area contributed by atoms with Gasteiger partial charge >= 0.3 is 6.61 Å². The van der Waals surface area contributed by atoms with Gasteiger partial charge in [0.25, 0.3) is 0 Å². The van der Waals surface area contributed by atoms with Crippen LogP contribution in [-0.4, -0.2) is 18.8 Å². The number of halogens is 3. The summed E-state index contributed by atoms with van der Waals surface area (Å²) >= 11 is 0. The average molecular weight is 341 g/mol. The molecule has 0 aliphatic carbocycles. The highest BCUT2D eigenvalue weighted by molar-refractivity contribution is 5.40. The number of alkyl halides is 2. The van der Waals surface area contributed by atoms with Gasteiger partial charge in [-0.3, -0.25) is 0 Å². The van der Waals surface area contributed by atoms with Crippen LogP contribution in [0.25, 0.3) is 0 Å². The summed E-state index contributed by atoms with van der Waals surface area (Å²) in [7, 11) is 1.48. The zero-order valence-electron chi connectivity index (χ0n) is 13.1. The normalized spacial score (nSPS) is 10.9. The number of rotatable bonds is 8. The number of nitrogens with one attached hydrogen (secondary N) is 1. The quantitative estimate of drug-likeness (QED) is 0.774. The Balaban J connectivity index is 2.05. The largest absolute Gasteiger partial charge is 0.497 e. The number of ether oxygens (including phenoxy) is 2. The zero-order valence-corrected chi connectivity index (χ0v) is 13.1. The molecule has 7 heteroatoms. The van der Waals surface area contributed by atoms with E-state index in [9.17, 15) is 13.2 Å². The summed E-state index contributed by atoms with van der Waals surface area (Å²) in [5.74, 6) is 0.118. The van der Waals surface area contributed by atoms with Crippen LogP contribution in [0.3, 0.4) is 0 Å². The molecule has 0 bridgehead atoms. The van der Waals surface area contributed by atoms with E-state index in [1.165, 1.54) is 25.3 Å². The molecule has 0 unspecified atom stereocenters. The van der Waals surface area contributed by atoms with Crippen molar-refractivity contribution in [1.29, 1.82) is 0 Å². The van der Waals surface area contributed by atoms with E-state index in [-0.39, 0.29) is 24.5 Å². The lowest BCUT2D eigenvalue weighted by molar-refractivity contribution is -0.0505. The van der Waals surface area contributed by atoms with Gasteiger partial charge in [-0.2, -0.15) is 8.78 Å². The molecule has 0 aromatic heterocycles. The van der Waals surface area contributed by atoms with Gasteiger partial charge in [-0.15, -0.1) is 0 Å². The van der Waals surface area contributed by atoms with Gasteiger partial charge in [0, 0.05) is 24.2 Å². The second-order valence-corrected chi connectivity index (χ2v) is 5.04. The summed E-state index contributed by atoms with van der Waals surface area (Å²) in [5.41, 5.74) is 1.48. The van der Waals surface area contributed by atoms with Gasteiger partial charge in [0.15, 0.2) is 0 Å². The van der Waals surface area contributed by atoms with Gasteiger partial charge in [0.1, 0.15) is 17.3 Å². The predicted molar refractivity (Wildman–Crippen MR) is 82.5 cm³/mol. The summed E-state index contributed by atoms with van der Waals surface area (Å²) in [4.78, 5) is 0. The summed E-state index contributed by atoms with van der Waals surface area (Å²) in [6.07, 6.45) is 0. The Hall–Kier alpha value is -2.25. The van der Waals surface area contributed by atoms with Crippen molar-refractivity contribution >= 4 is 0 Å². The third-order valence-electron chi connectivity index (χ3n) is 3.41. The first-order valence-corrected chi connectivity index (χ1v) is 7.24. The molecule has 4 nitrogen and oxygen atoms in total. The minimum absolute atomic E-state index is 0.0634. The van der Waals surface area contributed by atoms with Crippen LogP contribution in [0.1, 0.15) is 16.7 Å². The summed E-state index contributed by atoms with van der Waals surface area (Å²) in [5, 5.41) is 12.1. The number of aliphatic hydroxyl groups excluding tert-OH is 1. The van der Waals surface area contributed by atoms with Crippen LogP contribution < -0.4 is 14.8 Å². The number of methoxy groups -OCH3 is 1. The molecule has 2 N–H and O–H groups in total. The van der Waals surface area contributed by atoms with Crippen molar-refractivity contribution in [3.8, 4) is 11.5 Å². The predicted octanol–water partition coefficient (Wildman–Crippen LogP) is 3.22. The monoisotopic (exact) mass is 341 g/mol. The Morgan fingerprint density at radius 1 is 1.08 bits per heavy atom. The molecule has 0 amide bonds. The minimum atomic E-state index is -2.92. The van der Waals surface area contributed by atoms with Gasteiger partial charge in [-0.05, 0) is 35.9 Å². The first-order valence-electron chi connectivity index (χ1n) is 7.24. The molecule has 0 radical (unpaired) electrons. The van der Waals surface area contributed by atoms with E-state index in [1.807, 2.05) is 0 Å². The maximum atomic E-state index is 13.3. The summed E-state index contributed by atoms with van der Waals surface area (Å²) in [6, 6.07) is 8.97. The standard InChI is InChI=1S/C17H18F3NO3/c1-23-14-3-5-16(24-17(19)20)12(7-14)9-21-8-11-2-4-15(18)13(6-11)10-22/h2-7,17,21-22H,8-10H2,1H3. The number of aliphatic hydroxyl groups is 1. The lowest BCUT2D eigenvalue weighted by Gasteiger charge is -2.13. The fourth-order valence-corrected chi connectivity index (χ4v) is 2.23. The highest BCUT2D eigenvalue weighted by Crippen LogP contribution is 2.25. The van der Waals surface area contributed by atoms with Crippen LogP contribution in [-0.2, 0) is 19.7 Å². The Morgan fingerprint density at radius 3 is 2.54 bits per heavy atom. The van der Waals surface area contributed by atoms with Crippen LogP contribution in [0.5, 0.6) is 11.5 Å². The van der Waals surface area contributed by atoms with Crippen LogP contribution in [0.2, 0.25) is 0 Å². The molecule has 0 fully saturated rings. The fourth-order valence-electron chi connectivity index (χ4n) is 2.23. The van der Waals surface area contributed by atoms with Crippen molar-refractivity contribution in [2.24, 2.45) is 0 Å². The van der Waals surface area contributed by atoms with Gasteiger partial charge < -0.3 is 19.9 Å². The molecule has 2 aromatic carbocycles. The van der Waals surface area contributed by atoms with E-state index in [0.717, 1.165) is 5.56 Å². The maximum Gasteiger partial charge on any atom is 0.387 e. The molecule has 0 heterocycles. The van der Waals surface area contributed by atoms with Gasteiger partial charge in [-0.1, -0.05) is 6.07 Å². The van der Waals surface area contributed by atoms with Crippen molar-refractivity contribution in [2.45, 2.75) is 26.3 Å². The fraction of sp³-hybridized carbons (Fsp3) is 0.294. The lowest BCUT2D eigenvalue weighted by atomic mass is 10.1. The summed E-state index contributed by atoms with van der Waals surface area (Å²) < 4.78 is 47.8. The molecule has 0 aliphatic rings. The smallest absolute Gasteiger partial charge is 0.387 e. The van der Waals surface area contributed by atoms with Crippen LogP contribution >= 0.6 is 0 Å². The van der Waals surface area contributed by atoms with Gasteiger partial charge in [0.05, 0.1) is 13.7 Å². The minimum Gasteiger partial charge on any atom is -0.497 e. The molecule has 0 aliphatic heterocycles. The topological polar surface area (TPSA) is 50.7 Å². The Labute approximate surface area is 137 Å². The number of hydrogen-bond donors (Lipinski definition) is 2. The molecular formula is C17H18F3NO3. The molecule has 24 heavy (non-hydrogen) atoms. The Morgan fingerprint density at radius 2 is 1.88 bits per heavy atom. The average Bonchev–Trinajstić information content (AvgIpc) is 2.57. The van der Waals surface area contributed by atoms with E-state index < -0.39 is 12.4 Å². The van der Waals surface area contributed by atoms with E-state index >= 15 is 0 Å². The molecule has 130 valence electrons. The third kappa shape index (κ3) is 4.87. The Bertz CT molecular complexity index is 680. The van der Waals surface area contributed by atoms with Crippen LogP contribution in [0.4, 0.5) is 13.2 Å². The van der Waals surface area contributed by atoms with Crippen LogP contribution in [0.15, 0.2) is 36.4 Å². The zero-order chi connectivity index (χ0) is 17.5. The molecule has 0 spiro atoms. The Kier molecular flexibility index (Phi) is 6.45.